The first-order valence-corrected chi connectivity index (χ1v) is 7.41. The Morgan fingerprint density at radius 1 is 1.00 bits per heavy atom. The van der Waals surface area contributed by atoms with E-state index in [1.165, 1.54) is 0 Å². The van der Waals surface area contributed by atoms with Crippen molar-refractivity contribution >= 4 is 17.5 Å². The topological polar surface area (TPSA) is 75.4 Å². The molecule has 0 unspecified atom stereocenters. The number of anilines is 1. The molecule has 0 atom stereocenters. The number of hydrogen-bond donors (Lipinski definition) is 2. The van der Waals surface area contributed by atoms with Crippen LogP contribution in [0.2, 0.25) is 0 Å². The van der Waals surface area contributed by atoms with Crippen LogP contribution in [0.3, 0.4) is 0 Å². The molecule has 122 valence electrons. The van der Waals surface area contributed by atoms with Gasteiger partial charge in [-0.25, -0.2) is 0 Å². The van der Waals surface area contributed by atoms with Crippen molar-refractivity contribution in [3.8, 4) is 11.8 Å². The number of nitrogens with zero attached hydrogens (tertiary/aromatic N) is 1. The van der Waals surface area contributed by atoms with Gasteiger partial charge in [0, 0.05) is 36.5 Å². The SMILES string of the molecule is CN(C)c1ccc(C(=O)NCC#Cc2ccc(C(N)=O)cc2)cc1. The highest BCUT2D eigenvalue weighted by Gasteiger charge is 2.04. The molecule has 0 aliphatic heterocycles. The summed E-state index contributed by atoms with van der Waals surface area (Å²) in [4.78, 5) is 25.0. The molecule has 5 heteroatoms. The summed E-state index contributed by atoms with van der Waals surface area (Å²) in [6.45, 7) is 0.242. The largest absolute Gasteiger partial charge is 0.378 e. The van der Waals surface area contributed by atoms with Crippen LogP contribution in [0.25, 0.3) is 0 Å². The third-order valence-corrected chi connectivity index (χ3v) is 3.39. The van der Waals surface area contributed by atoms with Crippen molar-refractivity contribution in [3.63, 3.8) is 0 Å². The molecule has 0 spiro atoms. The fourth-order valence-electron chi connectivity index (χ4n) is 2.00. The van der Waals surface area contributed by atoms with Crippen molar-refractivity contribution in [1.29, 1.82) is 0 Å². The Morgan fingerprint density at radius 3 is 2.12 bits per heavy atom. The fourth-order valence-corrected chi connectivity index (χ4v) is 2.00. The Balaban J connectivity index is 1.89. The van der Waals surface area contributed by atoms with E-state index >= 15 is 0 Å². The van der Waals surface area contributed by atoms with Crippen molar-refractivity contribution in [2.24, 2.45) is 5.73 Å². The zero-order valence-electron chi connectivity index (χ0n) is 13.7. The van der Waals surface area contributed by atoms with Crippen molar-refractivity contribution in [2.45, 2.75) is 0 Å². The minimum absolute atomic E-state index is 0.168. The number of benzene rings is 2. The molecule has 2 rings (SSSR count). The molecule has 0 aromatic heterocycles. The fraction of sp³-hybridized carbons (Fsp3) is 0.158. The Kier molecular flexibility index (Phi) is 5.58. The van der Waals surface area contributed by atoms with Gasteiger partial charge in [0.1, 0.15) is 0 Å². The molecular formula is C19H19N3O2. The highest BCUT2D eigenvalue weighted by molar-refractivity contribution is 5.94. The third kappa shape index (κ3) is 4.62. The lowest BCUT2D eigenvalue weighted by Gasteiger charge is -2.12. The van der Waals surface area contributed by atoms with Crippen LogP contribution in [0, 0.1) is 11.8 Å². The van der Waals surface area contributed by atoms with Gasteiger partial charge in [-0.2, -0.15) is 0 Å². The number of rotatable bonds is 4. The highest BCUT2D eigenvalue weighted by atomic mass is 16.2. The second-order valence-electron chi connectivity index (χ2n) is 5.37. The number of nitrogens with two attached hydrogens (primary N) is 1. The standard InChI is InChI=1S/C19H19N3O2/c1-22(2)17-11-9-16(10-12-17)19(24)21-13-3-4-14-5-7-15(8-6-14)18(20)23/h5-12H,13H2,1-2H3,(H2,20,23)(H,21,24). The molecule has 0 aliphatic rings. The van der Waals surface area contributed by atoms with Crippen LogP contribution in [0.15, 0.2) is 48.5 Å². The molecule has 0 aliphatic carbocycles. The Hall–Kier alpha value is -3.26. The van der Waals surface area contributed by atoms with Gasteiger partial charge in [0.05, 0.1) is 6.54 Å². The average molecular weight is 321 g/mol. The van der Waals surface area contributed by atoms with Crippen LogP contribution in [-0.4, -0.2) is 32.5 Å². The molecule has 3 N–H and O–H groups in total. The normalized spacial score (nSPS) is 9.58. The Morgan fingerprint density at radius 2 is 1.58 bits per heavy atom. The summed E-state index contributed by atoms with van der Waals surface area (Å²) in [7, 11) is 3.89. The van der Waals surface area contributed by atoms with Gasteiger partial charge >= 0.3 is 0 Å². The number of nitrogens with one attached hydrogen (secondary N) is 1. The van der Waals surface area contributed by atoms with E-state index < -0.39 is 5.91 Å². The third-order valence-electron chi connectivity index (χ3n) is 3.39. The van der Waals surface area contributed by atoms with Gasteiger partial charge in [0.25, 0.3) is 5.91 Å². The van der Waals surface area contributed by atoms with Crippen LogP contribution >= 0.6 is 0 Å². The molecule has 2 aromatic rings. The van der Waals surface area contributed by atoms with E-state index in [1.807, 2.05) is 31.1 Å². The monoisotopic (exact) mass is 321 g/mol. The molecule has 0 radical (unpaired) electrons. The summed E-state index contributed by atoms with van der Waals surface area (Å²) >= 11 is 0. The van der Waals surface area contributed by atoms with E-state index in [0.717, 1.165) is 11.3 Å². The lowest BCUT2D eigenvalue weighted by atomic mass is 10.1. The summed E-state index contributed by atoms with van der Waals surface area (Å²) in [6.07, 6.45) is 0. The number of carbonyl (C=O) groups is 2. The van der Waals surface area contributed by atoms with E-state index in [9.17, 15) is 9.59 Å². The second-order valence-corrected chi connectivity index (χ2v) is 5.37. The van der Waals surface area contributed by atoms with Crippen molar-refractivity contribution in [1.82, 2.24) is 5.32 Å². The van der Waals surface area contributed by atoms with Gasteiger partial charge in [-0.3, -0.25) is 9.59 Å². The maximum absolute atomic E-state index is 12.0. The summed E-state index contributed by atoms with van der Waals surface area (Å²) in [5.41, 5.74) is 7.99. The van der Waals surface area contributed by atoms with E-state index in [4.69, 9.17) is 5.73 Å². The van der Waals surface area contributed by atoms with Gasteiger partial charge in [0.2, 0.25) is 5.91 Å². The van der Waals surface area contributed by atoms with Gasteiger partial charge in [0.15, 0.2) is 0 Å². The van der Waals surface area contributed by atoms with Crippen LogP contribution in [0.4, 0.5) is 5.69 Å². The Bertz CT molecular complexity index is 782. The second kappa shape index (κ2) is 7.84. The van der Waals surface area contributed by atoms with Crippen molar-refractivity contribution < 1.29 is 9.59 Å². The summed E-state index contributed by atoms with van der Waals surface area (Å²) in [6, 6.07) is 14.0. The van der Waals surface area contributed by atoms with E-state index in [1.54, 1.807) is 36.4 Å². The molecular weight excluding hydrogens is 302 g/mol. The maximum atomic E-state index is 12.0. The van der Waals surface area contributed by atoms with Crippen LogP contribution in [0.1, 0.15) is 26.3 Å². The summed E-state index contributed by atoms with van der Waals surface area (Å²) < 4.78 is 0. The summed E-state index contributed by atoms with van der Waals surface area (Å²) in [5, 5.41) is 2.75. The molecule has 5 nitrogen and oxygen atoms in total. The first kappa shape index (κ1) is 17.1. The average Bonchev–Trinajstić information content (AvgIpc) is 2.59. The van der Waals surface area contributed by atoms with E-state index in [-0.39, 0.29) is 12.5 Å². The predicted molar refractivity (Wildman–Crippen MR) is 94.9 cm³/mol. The first-order chi connectivity index (χ1) is 11.5. The van der Waals surface area contributed by atoms with Gasteiger partial charge < -0.3 is 16.0 Å². The first-order valence-electron chi connectivity index (χ1n) is 7.41. The summed E-state index contributed by atoms with van der Waals surface area (Å²) in [5.74, 6) is 5.15. The zero-order chi connectivity index (χ0) is 17.5. The molecule has 0 bridgehead atoms. The highest BCUT2D eigenvalue weighted by Crippen LogP contribution is 2.11. The smallest absolute Gasteiger partial charge is 0.252 e. The number of hydrogen-bond acceptors (Lipinski definition) is 3. The molecule has 0 fully saturated rings. The number of primary amides is 1. The molecule has 0 heterocycles. The van der Waals surface area contributed by atoms with Crippen LogP contribution in [-0.2, 0) is 0 Å². The quantitative estimate of drug-likeness (QED) is 0.841. The predicted octanol–water partition coefficient (Wildman–Crippen LogP) is 1.63. The van der Waals surface area contributed by atoms with Crippen molar-refractivity contribution in [3.05, 3.63) is 65.2 Å². The van der Waals surface area contributed by atoms with Gasteiger partial charge in [-0.15, -0.1) is 0 Å². The van der Waals surface area contributed by atoms with E-state index in [0.29, 0.717) is 11.1 Å². The molecule has 2 aromatic carbocycles. The number of amides is 2. The lowest BCUT2D eigenvalue weighted by Crippen LogP contribution is -2.23. The Labute approximate surface area is 141 Å². The van der Waals surface area contributed by atoms with E-state index in [2.05, 4.69) is 17.2 Å². The molecule has 2 amide bonds. The molecule has 0 saturated heterocycles. The molecule has 24 heavy (non-hydrogen) atoms. The van der Waals surface area contributed by atoms with Crippen LogP contribution < -0.4 is 16.0 Å². The van der Waals surface area contributed by atoms with Crippen LogP contribution in [0.5, 0.6) is 0 Å². The molecule has 0 saturated carbocycles. The van der Waals surface area contributed by atoms with Gasteiger partial charge in [-0.1, -0.05) is 11.8 Å². The van der Waals surface area contributed by atoms with Crippen molar-refractivity contribution in [2.75, 3.05) is 25.5 Å². The number of carbonyl (C=O) groups excluding carboxylic acids is 2. The lowest BCUT2D eigenvalue weighted by molar-refractivity contribution is 0.0957. The maximum Gasteiger partial charge on any atom is 0.252 e. The minimum atomic E-state index is -0.470. The zero-order valence-corrected chi connectivity index (χ0v) is 13.7. The van der Waals surface area contributed by atoms with Gasteiger partial charge in [-0.05, 0) is 48.5 Å². The minimum Gasteiger partial charge on any atom is -0.378 e.